The predicted molar refractivity (Wildman–Crippen MR) is 108 cm³/mol. The Hall–Kier alpha value is -2.50. The van der Waals surface area contributed by atoms with E-state index >= 15 is 0 Å². The number of carbonyl (C=O) groups is 2. The molecule has 28 heavy (non-hydrogen) atoms. The zero-order chi connectivity index (χ0) is 20.4. The summed E-state index contributed by atoms with van der Waals surface area (Å²) in [5, 5.41) is 2.85. The van der Waals surface area contributed by atoms with Gasteiger partial charge in [0, 0.05) is 13.0 Å². The van der Waals surface area contributed by atoms with Crippen molar-refractivity contribution < 1.29 is 23.8 Å². The molecule has 0 bridgehead atoms. The van der Waals surface area contributed by atoms with Gasteiger partial charge in [-0.2, -0.15) is 0 Å². The van der Waals surface area contributed by atoms with E-state index in [0.717, 1.165) is 24.8 Å². The minimum absolute atomic E-state index is 0.194. The van der Waals surface area contributed by atoms with Crippen LogP contribution in [0.15, 0.2) is 29.8 Å². The average molecular weight is 389 g/mol. The van der Waals surface area contributed by atoms with Crippen LogP contribution >= 0.6 is 0 Å². The Kier molecular flexibility index (Phi) is 8.85. The first-order valence-corrected chi connectivity index (χ1v) is 9.89. The van der Waals surface area contributed by atoms with Crippen molar-refractivity contribution >= 4 is 11.9 Å². The summed E-state index contributed by atoms with van der Waals surface area (Å²) in [6.45, 7) is 2.18. The topological polar surface area (TPSA) is 73.9 Å². The minimum Gasteiger partial charge on any atom is -0.493 e. The lowest BCUT2D eigenvalue weighted by Gasteiger charge is -2.16. The number of amides is 1. The highest BCUT2D eigenvalue weighted by Gasteiger charge is 2.17. The van der Waals surface area contributed by atoms with Crippen molar-refractivity contribution in [2.75, 3.05) is 20.8 Å². The van der Waals surface area contributed by atoms with E-state index in [4.69, 9.17) is 14.2 Å². The first-order chi connectivity index (χ1) is 13.5. The van der Waals surface area contributed by atoms with Crippen LogP contribution in [0.2, 0.25) is 0 Å². The SMILES string of the molecule is COc1ccc(CCC(=O)O[C@H](C)C(=O)NCCC2=CCCCC2)cc1OC. The zero-order valence-corrected chi connectivity index (χ0v) is 17.1. The molecular formula is C22H31NO5. The molecule has 0 unspecified atom stereocenters. The number of allylic oxidation sites excluding steroid dienone is 1. The third-order valence-corrected chi connectivity index (χ3v) is 4.87. The van der Waals surface area contributed by atoms with Gasteiger partial charge in [-0.05, 0) is 63.1 Å². The van der Waals surface area contributed by atoms with Crippen LogP contribution in [0.5, 0.6) is 11.5 Å². The molecule has 0 aliphatic heterocycles. The number of benzene rings is 1. The van der Waals surface area contributed by atoms with Crippen LogP contribution < -0.4 is 14.8 Å². The molecule has 1 N–H and O–H groups in total. The van der Waals surface area contributed by atoms with Gasteiger partial charge in [-0.15, -0.1) is 0 Å². The highest BCUT2D eigenvalue weighted by atomic mass is 16.5. The normalized spacial score (nSPS) is 14.6. The lowest BCUT2D eigenvalue weighted by atomic mass is 9.97. The van der Waals surface area contributed by atoms with E-state index in [-0.39, 0.29) is 12.3 Å². The second-order valence-corrected chi connectivity index (χ2v) is 6.97. The van der Waals surface area contributed by atoms with E-state index in [1.54, 1.807) is 27.2 Å². The molecule has 0 saturated carbocycles. The van der Waals surface area contributed by atoms with Crippen LogP contribution in [0, 0.1) is 0 Å². The molecule has 1 amide bonds. The number of esters is 1. The summed E-state index contributed by atoms with van der Waals surface area (Å²) in [6.07, 6.45) is 7.78. The summed E-state index contributed by atoms with van der Waals surface area (Å²) in [6, 6.07) is 5.52. The molecule has 6 nitrogen and oxygen atoms in total. The zero-order valence-electron chi connectivity index (χ0n) is 17.1. The molecule has 154 valence electrons. The molecular weight excluding hydrogens is 358 g/mol. The fraction of sp³-hybridized carbons (Fsp3) is 0.545. The summed E-state index contributed by atoms with van der Waals surface area (Å²) < 4.78 is 15.7. The lowest BCUT2D eigenvalue weighted by Crippen LogP contribution is -2.36. The smallest absolute Gasteiger partial charge is 0.306 e. The minimum atomic E-state index is -0.793. The fourth-order valence-corrected chi connectivity index (χ4v) is 3.21. The van der Waals surface area contributed by atoms with E-state index in [1.165, 1.54) is 18.4 Å². The van der Waals surface area contributed by atoms with Crippen molar-refractivity contribution in [3.05, 3.63) is 35.4 Å². The summed E-state index contributed by atoms with van der Waals surface area (Å²) in [5.74, 6) is 0.612. The number of ether oxygens (including phenoxy) is 3. The Morgan fingerprint density at radius 1 is 1.11 bits per heavy atom. The summed E-state index contributed by atoms with van der Waals surface area (Å²) in [4.78, 5) is 24.2. The van der Waals surface area contributed by atoms with Crippen LogP contribution in [-0.4, -0.2) is 38.7 Å². The third kappa shape index (κ3) is 6.91. The maximum atomic E-state index is 12.1. The number of carbonyl (C=O) groups excluding carboxylic acids is 2. The molecule has 1 aliphatic rings. The summed E-state index contributed by atoms with van der Waals surface area (Å²) >= 11 is 0. The van der Waals surface area contributed by atoms with Crippen LogP contribution in [0.1, 0.15) is 51.0 Å². The van der Waals surface area contributed by atoms with Crippen molar-refractivity contribution in [1.82, 2.24) is 5.32 Å². The van der Waals surface area contributed by atoms with Gasteiger partial charge in [0.1, 0.15) is 0 Å². The van der Waals surface area contributed by atoms with Gasteiger partial charge in [-0.3, -0.25) is 9.59 Å². The quantitative estimate of drug-likeness (QED) is 0.489. The van der Waals surface area contributed by atoms with E-state index in [2.05, 4.69) is 11.4 Å². The Morgan fingerprint density at radius 2 is 1.89 bits per heavy atom. The molecule has 2 rings (SSSR count). The van der Waals surface area contributed by atoms with E-state index in [0.29, 0.717) is 24.5 Å². The Morgan fingerprint density at radius 3 is 2.57 bits per heavy atom. The Labute approximate surface area is 167 Å². The molecule has 6 heteroatoms. The molecule has 0 radical (unpaired) electrons. The second-order valence-electron chi connectivity index (χ2n) is 6.97. The van der Waals surface area contributed by atoms with Gasteiger partial charge in [0.05, 0.1) is 14.2 Å². The summed E-state index contributed by atoms with van der Waals surface area (Å²) in [7, 11) is 3.15. The van der Waals surface area contributed by atoms with Crippen LogP contribution in [0.4, 0.5) is 0 Å². The number of methoxy groups -OCH3 is 2. The van der Waals surface area contributed by atoms with Gasteiger partial charge in [-0.1, -0.05) is 17.7 Å². The molecule has 1 aromatic rings. The van der Waals surface area contributed by atoms with Crippen molar-refractivity contribution in [3.8, 4) is 11.5 Å². The van der Waals surface area contributed by atoms with Crippen LogP contribution in [0.25, 0.3) is 0 Å². The largest absolute Gasteiger partial charge is 0.493 e. The molecule has 1 aromatic carbocycles. The van der Waals surface area contributed by atoms with Gasteiger partial charge >= 0.3 is 5.97 Å². The molecule has 0 saturated heterocycles. The number of aryl methyl sites for hydroxylation is 1. The van der Waals surface area contributed by atoms with E-state index in [9.17, 15) is 9.59 Å². The van der Waals surface area contributed by atoms with E-state index < -0.39 is 12.1 Å². The maximum absolute atomic E-state index is 12.1. The maximum Gasteiger partial charge on any atom is 0.306 e. The predicted octanol–water partition coefficient (Wildman–Crippen LogP) is 3.57. The standard InChI is InChI=1S/C22H31NO5/c1-16(22(25)23-14-13-17-7-5-4-6-8-17)28-21(24)12-10-18-9-11-19(26-2)20(15-18)27-3/h7,9,11,15-16H,4-6,8,10,12-14H2,1-3H3,(H,23,25)/t16-/m1/s1. The van der Waals surface area contributed by atoms with Crippen LogP contribution in [-0.2, 0) is 20.7 Å². The van der Waals surface area contributed by atoms with Crippen molar-refractivity contribution in [1.29, 1.82) is 0 Å². The highest BCUT2D eigenvalue weighted by Crippen LogP contribution is 2.28. The molecule has 0 aromatic heterocycles. The van der Waals surface area contributed by atoms with Crippen molar-refractivity contribution in [2.45, 2.75) is 58.0 Å². The number of nitrogens with one attached hydrogen (secondary N) is 1. The molecule has 0 heterocycles. The van der Waals surface area contributed by atoms with Gasteiger partial charge in [0.15, 0.2) is 17.6 Å². The number of hydrogen-bond acceptors (Lipinski definition) is 5. The van der Waals surface area contributed by atoms with Crippen molar-refractivity contribution in [3.63, 3.8) is 0 Å². The molecule has 0 spiro atoms. The monoisotopic (exact) mass is 389 g/mol. The second kappa shape index (κ2) is 11.4. The molecule has 1 atom stereocenters. The van der Waals surface area contributed by atoms with Crippen LogP contribution in [0.3, 0.4) is 0 Å². The Balaban J connectivity index is 1.71. The number of rotatable bonds is 10. The van der Waals surface area contributed by atoms with Gasteiger partial charge in [0.2, 0.25) is 0 Å². The summed E-state index contributed by atoms with van der Waals surface area (Å²) in [5.41, 5.74) is 2.35. The first-order valence-electron chi connectivity index (χ1n) is 9.89. The number of hydrogen-bond donors (Lipinski definition) is 1. The van der Waals surface area contributed by atoms with E-state index in [1.807, 2.05) is 12.1 Å². The fourth-order valence-electron chi connectivity index (χ4n) is 3.21. The highest BCUT2D eigenvalue weighted by molar-refractivity contribution is 5.83. The third-order valence-electron chi connectivity index (χ3n) is 4.87. The first kappa shape index (κ1) is 21.8. The van der Waals surface area contributed by atoms with Gasteiger partial charge < -0.3 is 19.5 Å². The Bertz CT molecular complexity index is 698. The molecule has 1 aliphatic carbocycles. The van der Waals surface area contributed by atoms with Crippen molar-refractivity contribution in [2.24, 2.45) is 0 Å². The lowest BCUT2D eigenvalue weighted by molar-refractivity contribution is -0.154. The molecule has 0 fully saturated rings. The van der Waals surface area contributed by atoms with Gasteiger partial charge in [-0.25, -0.2) is 0 Å². The van der Waals surface area contributed by atoms with Gasteiger partial charge in [0.25, 0.3) is 5.91 Å². The average Bonchev–Trinajstić information content (AvgIpc) is 2.72.